The number of aromatic nitrogens is 4. The van der Waals surface area contributed by atoms with Crippen molar-refractivity contribution in [1.29, 1.82) is 0 Å². The lowest BCUT2D eigenvalue weighted by Crippen LogP contribution is -2.47. The Morgan fingerprint density at radius 3 is 2.42 bits per heavy atom. The van der Waals surface area contributed by atoms with Crippen LogP contribution in [0.1, 0.15) is 30.8 Å². The van der Waals surface area contributed by atoms with Crippen molar-refractivity contribution in [2.24, 2.45) is 5.92 Å². The van der Waals surface area contributed by atoms with Gasteiger partial charge in [-0.15, -0.1) is 0 Å². The molecule has 1 fully saturated rings. The van der Waals surface area contributed by atoms with Gasteiger partial charge in [0.2, 0.25) is 5.95 Å². The maximum Gasteiger partial charge on any atom is 0.274 e. The van der Waals surface area contributed by atoms with Gasteiger partial charge >= 0.3 is 0 Å². The van der Waals surface area contributed by atoms with Crippen molar-refractivity contribution in [1.82, 2.24) is 30.0 Å². The first-order valence-electron chi connectivity index (χ1n) is 11.6. The predicted molar refractivity (Wildman–Crippen MR) is 128 cm³/mol. The van der Waals surface area contributed by atoms with Crippen LogP contribution in [0.3, 0.4) is 0 Å². The Labute approximate surface area is 193 Å². The molecule has 9 heteroatoms. The van der Waals surface area contributed by atoms with E-state index < -0.39 is 0 Å². The fourth-order valence-electron chi connectivity index (χ4n) is 4.09. The number of benzene rings is 1. The van der Waals surface area contributed by atoms with Crippen LogP contribution in [0.25, 0.3) is 10.8 Å². The highest BCUT2D eigenvalue weighted by Crippen LogP contribution is 2.14. The summed E-state index contributed by atoms with van der Waals surface area (Å²) in [6, 6.07) is 9.01. The first-order valence-corrected chi connectivity index (χ1v) is 11.6. The summed E-state index contributed by atoms with van der Waals surface area (Å²) >= 11 is 0. The van der Waals surface area contributed by atoms with Crippen molar-refractivity contribution in [3.8, 4) is 0 Å². The van der Waals surface area contributed by atoms with Gasteiger partial charge in [-0.25, -0.2) is 14.6 Å². The molecule has 1 aromatic carbocycles. The van der Waals surface area contributed by atoms with Gasteiger partial charge < -0.3 is 10.2 Å². The Morgan fingerprint density at radius 2 is 1.73 bits per heavy atom. The van der Waals surface area contributed by atoms with Crippen molar-refractivity contribution < 1.29 is 4.79 Å². The van der Waals surface area contributed by atoms with Crippen molar-refractivity contribution in [3.63, 3.8) is 0 Å². The number of nitrogens with one attached hydrogen (secondary N) is 1. The van der Waals surface area contributed by atoms with Gasteiger partial charge in [-0.3, -0.25) is 14.5 Å². The Balaban J connectivity index is 1.31. The first-order chi connectivity index (χ1) is 16.0. The van der Waals surface area contributed by atoms with Crippen molar-refractivity contribution in [2.75, 3.05) is 44.2 Å². The highest BCUT2D eigenvalue weighted by molar-refractivity contribution is 6.04. The molecule has 0 saturated carbocycles. The van der Waals surface area contributed by atoms with Crippen LogP contribution in [0.4, 0.5) is 5.95 Å². The Kier molecular flexibility index (Phi) is 7.29. The maximum atomic E-state index is 12.9. The molecule has 3 aromatic rings. The van der Waals surface area contributed by atoms with Gasteiger partial charge in [0.25, 0.3) is 11.5 Å². The van der Waals surface area contributed by atoms with Crippen molar-refractivity contribution >= 4 is 22.6 Å². The van der Waals surface area contributed by atoms with Crippen LogP contribution < -0.4 is 15.8 Å². The summed E-state index contributed by atoms with van der Waals surface area (Å²) in [5.41, 5.74) is 0.151. The largest absolute Gasteiger partial charge is 0.351 e. The Hall–Kier alpha value is -3.33. The lowest BCUT2D eigenvalue weighted by molar-refractivity contribution is 0.0945. The third kappa shape index (κ3) is 5.54. The Morgan fingerprint density at radius 1 is 1.03 bits per heavy atom. The molecule has 2 aromatic heterocycles. The van der Waals surface area contributed by atoms with E-state index in [9.17, 15) is 9.59 Å². The zero-order valence-electron chi connectivity index (χ0n) is 19.3. The van der Waals surface area contributed by atoms with Crippen LogP contribution in [0.2, 0.25) is 0 Å². The second-order valence-corrected chi connectivity index (χ2v) is 8.76. The maximum absolute atomic E-state index is 12.9. The second kappa shape index (κ2) is 10.5. The predicted octanol–water partition coefficient (Wildman–Crippen LogP) is 1.78. The minimum absolute atomic E-state index is 0.157. The molecule has 0 spiro atoms. The second-order valence-electron chi connectivity index (χ2n) is 8.76. The van der Waals surface area contributed by atoms with Gasteiger partial charge in [0.1, 0.15) is 0 Å². The molecular formula is C24H31N7O2. The molecule has 9 nitrogen and oxygen atoms in total. The fraction of sp³-hybridized carbons (Fsp3) is 0.458. The molecule has 4 rings (SSSR count). The SMILES string of the molecule is CC(C)Cn1nc(C(=O)NCCCN2CCN(c3ncccn3)CC2)c2ccccc2c1=O. The van der Waals surface area contributed by atoms with Gasteiger partial charge in [0.05, 0.1) is 5.39 Å². The normalized spacial score (nSPS) is 14.7. The number of carbonyl (C=O) groups is 1. The van der Waals surface area contributed by atoms with Crippen LogP contribution >= 0.6 is 0 Å². The van der Waals surface area contributed by atoms with Crippen molar-refractivity contribution in [3.05, 3.63) is 58.8 Å². The van der Waals surface area contributed by atoms with Crippen LogP contribution in [0, 0.1) is 5.92 Å². The average Bonchev–Trinajstić information content (AvgIpc) is 2.84. The number of nitrogens with zero attached hydrogens (tertiary/aromatic N) is 6. The van der Waals surface area contributed by atoms with E-state index in [1.165, 1.54) is 4.68 Å². The van der Waals surface area contributed by atoms with Crippen LogP contribution in [0.15, 0.2) is 47.5 Å². The number of piperazine rings is 1. The lowest BCUT2D eigenvalue weighted by atomic mass is 10.1. The minimum atomic E-state index is -0.241. The van der Waals surface area contributed by atoms with Gasteiger partial charge in [0.15, 0.2) is 5.69 Å². The number of fused-ring (bicyclic) bond motifs is 1. The molecule has 3 heterocycles. The number of hydrogen-bond acceptors (Lipinski definition) is 7. The highest BCUT2D eigenvalue weighted by Gasteiger charge is 2.19. The van der Waals surface area contributed by atoms with Crippen LogP contribution in [-0.2, 0) is 6.54 Å². The van der Waals surface area contributed by atoms with Gasteiger partial charge in [-0.1, -0.05) is 32.0 Å². The number of hydrogen-bond donors (Lipinski definition) is 1. The minimum Gasteiger partial charge on any atom is -0.351 e. The third-order valence-electron chi connectivity index (χ3n) is 5.76. The third-order valence-corrected chi connectivity index (χ3v) is 5.76. The molecule has 0 aliphatic carbocycles. The van der Waals surface area contributed by atoms with E-state index in [0.717, 1.165) is 45.1 Å². The summed E-state index contributed by atoms with van der Waals surface area (Å²) in [6.45, 7) is 9.66. The molecule has 0 bridgehead atoms. The Bertz CT molecular complexity index is 1140. The topological polar surface area (TPSA) is 96.2 Å². The number of amides is 1. The molecule has 1 N–H and O–H groups in total. The molecule has 0 atom stereocenters. The molecular weight excluding hydrogens is 418 g/mol. The molecule has 0 unspecified atom stereocenters. The van der Waals surface area contributed by atoms with Gasteiger partial charge in [0, 0.05) is 57.0 Å². The zero-order valence-corrected chi connectivity index (χ0v) is 19.3. The molecule has 1 saturated heterocycles. The van der Waals surface area contributed by atoms with E-state index in [0.29, 0.717) is 29.6 Å². The van der Waals surface area contributed by atoms with E-state index in [1.54, 1.807) is 24.5 Å². The monoisotopic (exact) mass is 449 g/mol. The number of rotatable bonds is 8. The molecule has 1 aliphatic heterocycles. The standard InChI is InChI=1S/C24H31N7O2/c1-18(2)17-31-23(33)20-8-4-3-7-19(20)21(28-31)22(32)25-11-6-12-29-13-15-30(16-14-29)24-26-9-5-10-27-24/h3-5,7-10,18H,6,11-17H2,1-2H3,(H,25,32). The van der Waals surface area contributed by atoms with E-state index >= 15 is 0 Å². The lowest BCUT2D eigenvalue weighted by Gasteiger charge is -2.34. The molecule has 1 amide bonds. The summed E-state index contributed by atoms with van der Waals surface area (Å²) in [6.07, 6.45) is 4.38. The number of anilines is 1. The smallest absolute Gasteiger partial charge is 0.274 e. The summed E-state index contributed by atoms with van der Waals surface area (Å²) in [5, 5.41) is 8.52. The fourth-order valence-corrected chi connectivity index (χ4v) is 4.09. The first kappa shape index (κ1) is 22.8. The van der Waals surface area contributed by atoms with Crippen LogP contribution in [-0.4, -0.2) is 69.8 Å². The molecule has 174 valence electrons. The number of carbonyl (C=O) groups excluding carboxylic acids is 1. The molecule has 33 heavy (non-hydrogen) atoms. The molecule has 1 aliphatic rings. The van der Waals surface area contributed by atoms with E-state index in [1.807, 2.05) is 32.0 Å². The van der Waals surface area contributed by atoms with Crippen molar-refractivity contribution in [2.45, 2.75) is 26.8 Å². The summed E-state index contributed by atoms with van der Waals surface area (Å²) in [4.78, 5) is 38.9. The van der Waals surface area contributed by atoms with E-state index in [-0.39, 0.29) is 17.4 Å². The van der Waals surface area contributed by atoms with E-state index in [2.05, 4.69) is 30.2 Å². The quantitative estimate of drug-likeness (QED) is 0.524. The highest BCUT2D eigenvalue weighted by atomic mass is 16.2. The summed E-state index contributed by atoms with van der Waals surface area (Å²) in [5.74, 6) is 0.791. The van der Waals surface area contributed by atoms with Crippen LogP contribution in [0.5, 0.6) is 0 Å². The van der Waals surface area contributed by atoms with E-state index in [4.69, 9.17) is 0 Å². The van der Waals surface area contributed by atoms with Gasteiger partial charge in [-0.05, 0) is 31.0 Å². The van der Waals surface area contributed by atoms with Gasteiger partial charge in [-0.2, -0.15) is 5.10 Å². The summed E-state index contributed by atoms with van der Waals surface area (Å²) in [7, 11) is 0. The summed E-state index contributed by atoms with van der Waals surface area (Å²) < 4.78 is 1.41. The average molecular weight is 450 g/mol. The zero-order chi connectivity index (χ0) is 23.2. The molecule has 0 radical (unpaired) electrons.